The predicted octanol–water partition coefficient (Wildman–Crippen LogP) is 5.71. The first-order chi connectivity index (χ1) is 16.9. The Hall–Kier alpha value is -3.87. The Morgan fingerprint density at radius 2 is 1.46 bits per heavy atom. The molecule has 0 saturated carbocycles. The highest BCUT2D eigenvalue weighted by Gasteiger charge is 2.47. The second-order valence-electron chi connectivity index (χ2n) is 8.80. The van der Waals surface area contributed by atoms with Crippen LogP contribution in [0.2, 0.25) is 5.31 Å². The van der Waals surface area contributed by atoms with Crippen molar-refractivity contribution in [2.45, 2.75) is 38.4 Å². The molecule has 1 aliphatic heterocycles. The molecule has 2 N–H and O–H groups in total. The van der Waals surface area contributed by atoms with Crippen molar-refractivity contribution in [2.24, 2.45) is 5.92 Å². The summed E-state index contributed by atoms with van der Waals surface area (Å²) in [4.78, 5) is 40.5. The van der Waals surface area contributed by atoms with Crippen LogP contribution >= 0.6 is 0 Å². The molecule has 1 heterocycles. The summed E-state index contributed by atoms with van der Waals surface area (Å²) in [5.74, 6) is -1.70. The van der Waals surface area contributed by atoms with Crippen LogP contribution in [0.1, 0.15) is 43.5 Å². The highest BCUT2D eigenvalue weighted by molar-refractivity contribution is 6.27. The van der Waals surface area contributed by atoms with E-state index < -0.39 is 17.1 Å². The normalized spacial score (nSPS) is 15.8. The van der Waals surface area contributed by atoms with Crippen LogP contribution in [0.4, 0.5) is 22.7 Å². The fourth-order valence-corrected chi connectivity index (χ4v) is 4.46. The number of carbonyl (C=O) groups is 3. The Kier molecular flexibility index (Phi) is 7.06. The molecular formula is C28H28BN3O3. The Labute approximate surface area is 207 Å². The van der Waals surface area contributed by atoms with Crippen LogP contribution in [0.25, 0.3) is 0 Å². The third-order valence-electron chi connectivity index (χ3n) is 6.75. The van der Waals surface area contributed by atoms with Crippen LogP contribution < -0.4 is 15.5 Å². The number of hydrogen-bond acceptors (Lipinski definition) is 4. The summed E-state index contributed by atoms with van der Waals surface area (Å²) in [5, 5.41) is 5.40. The molecule has 0 aromatic heterocycles. The average molecular weight is 465 g/mol. The van der Waals surface area contributed by atoms with E-state index in [0.29, 0.717) is 18.5 Å². The fraction of sp³-hybridized carbons (Fsp3) is 0.250. The molecule has 1 unspecified atom stereocenters. The molecule has 0 bridgehead atoms. The lowest BCUT2D eigenvalue weighted by molar-refractivity contribution is -0.122. The molecule has 1 saturated heterocycles. The second kappa shape index (κ2) is 10.2. The predicted molar refractivity (Wildman–Crippen MR) is 140 cm³/mol. The van der Waals surface area contributed by atoms with Gasteiger partial charge in [0.1, 0.15) is 0 Å². The van der Waals surface area contributed by atoms with Gasteiger partial charge in [0.25, 0.3) is 5.91 Å². The van der Waals surface area contributed by atoms with E-state index in [1.807, 2.05) is 56.3 Å². The summed E-state index contributed by atoms with van der Waals surface area (Å²) in [7, 11) is 6.47. The maximum absolute atomic E-state index is 13.3. The molecular weight excluding hydrogens is 437 g/mol. The SMILES string of the molecule is [B]C(CC)(CC)C1CC(=O)N(c2ccccc2C(=O)Nc2ccc(Nc3ccccc3)cc2)C1=O. The molecule has 3 aromatic rings. The molecule has 0 spiro atoms. The van der Waals surface area contributed by atoms with Crippen LogP contribution in [-0.2, 0) is 9.59 Å². The molecule has 1 fully saturated rings. The molecule has 176 valence electrons. The third-order valence-corrected chi connectivity index (χ3v) is 6.75. The van der Waals surface area contributed by atoms with E-state index in [1.165, 1.54) is 0 Å². The Balaban J connectivity index is 1.53. The maximum atomic E-state index is 13.3. The number of para-hydroxylation sites is 2. The number of benzene rings is 3. The zero-order chi connectivity index (χ0) is 25.0. The molecule has 7 heteroatoms. The van der Waals surface area contributed by atoms with E-state index in [2.05, 4.69) is 10.6 Å². The Morgan fingerprint density at radius 1 is 0.886 bits per heavy atom. The minimum absolute atomic E-state index is 0.0445. The zero-order valence-corrected chi connectivity index (χ0v) is 20.0. The number of carbonyl (C=O) groups excluding carboxylic acids is 3. The lowest BCUT2D eigenvalue weighted by Crippen LogP contribution is -2.35. The number of amides is 3. The highest BCUT2D eigenvalue weighted by atomic mass is 16.2. The van der Waals surface area contributed by atoms with Gasteiger partial charge < -0.3 is 10.6 Å². The van der Waals surface area contributed by atoms with E-state index in [-0.39, 0.29) is 29.5 Å². The molecule has 35 heavy (non-hydrogen) atoms. The van der Waals surface area contributed by atoms with Gasteiger partial charge in [0, 0.05) is 29.4 Å². The van der Waals surface area contributed by atoms with Gasteiger partial charge in [-0.3, -0.25) is 14.4 Å². The summed E-state index contributed by atoms with van der Waals surface area (Å²) in [6.45, 7) is 3.85. The first-order valence-corrected chi connectivity index (χ1v) is 11.8. The second-order valence-corrected chi connectivity index (χ2v) is 8.80. The number of rotatable bonds is 8. The van der Waals surface area contributed by atoms with E-state index in [0.717, 1.165) is 16.3 Å². The molecule has 4 rings (SSSR count). The fourth-order valence-electron chi connectivity index (χ4n) is 4.46. The number of nitrogens with one attached hydrogen (secondary N) is 2. The van der Waals surface area contributed by atoms with E-state index in [1.54, 1.807) is 36.4 Å². The van der Waals surface area contributed by atoms with Crippen LogP contribution in [0.15, 0.2) is 78.9 Å². The van der Waals surface area contributed by atoms with Gasteiger partial charge in [0.15, 0.2) is 0 Å². The summed E-state index contributed by atoms with van der Waals surface area (Å²) >= 11 is 0. The van der Waals surface area contributed by atoms with Crippen LogP contribution in [0.3, 0.4) is 0 Å². The zero-order valence-electron chi connectivity index (χ0n) is 20.0. The number of nitrogens with zero attached hydrogens (tertiary/aromatic N) is 1. The molecule has 2 radical (unpaired) electrons. The van der Waals surface area contributed by atoms with Crippen molar-refractivity contribution in [1.82, 2.24) is 0 Å². The van der Waals surface area contributed by atoms with Crippen molar-refractivity contribution in [2.75, 3.05) is 15.5 Å². The largest absolute Gasteiger partial charge is 0.356 e. The van der Waals surface area contributed by atoms with E-state index in [9.17, 15) is 14.4 Å². The van der Waals surface area contributed by atoms with Gasteiger partial charge in [-0.05, 0) is 48.5 Å². The summed E-state index contributed by atoms with van der Waals surface area (Å²) in [6, 6.07) is 23.7. The molecule has 1 aliphatic rings. The van der Waals surface area contributed by atoms with Gasteiger partial charge in [0.05, 0.1) is 19.1 Å². The minimum atomic E-state index is -0.756. The minimum Gasteiger partial charge on any atom is -0.356 e. The monoisotopic (exact) mass is 465 g/mol. The van der Waals surface area contributed by atoms with Gasteiger partial charge in [-0.2, -0.15) is 0 Å². The van der Waals surface area contributed by atoms with Crippen molar-refractivity contribution in [1.29, 1.82) is 0 Å². The van der Waals surface area contributed by atoms with Gasteiger partial charge in [0.2, 0.25) is 11.8 Å². The van der Waals surface area contributed by atoms with Crippen molar-refractivity contribution in [3.8, 4) is 0 Å². The molecule has 3 aromatic carbocycles. The van der Waals surface area contributed by atoms with E-state index in [4.69, 9.17) is 7.85 Å². The third kappa shape index (κ3) is 4.99. The standard InChI is InChI=1S/C28H28BN3O3/c1-3-28(29,4-2)23-18-25(33)32(27(23)35)24-13-9-8-12-22(24)26(34)31-21-16-14-20(15-17-21)30-19-10-6-5-7-11-19/h5-17,23,30H,3-4,18H2,1-2H3,(H,31,34). The molecule has 6 nitrogen and oxygen atoms in total. The van der Waals surface area contributed by atoms with Gasteiger partial charge in [-0.1, -0.05) is 62.3 Å². The van der Waals surface area contributed by atoms with Crippen molar-refractivity contribution in [3.05, 3.63) is 84.4 Å². The summed E-state index contributed by atoms with van der Waals surface area (Å²) in [5.41, 5.74) is 2.96. The lowest BCUT2D eigenvalue weighted by atomic mass is 9.57. The van der Waals surface area contributed by atoms with Gasteiger partial charge in [-0.15, -0.1) is 0 Å². The number of anilines is 4. The lowest BCUT2D eigenvalue weighted by Gasteiger charge is -2.32. The van der Waals surface area contributed by atoms with Gasteiger partial charge >= 0.3 is 0 Å². The van der Waals surface area contributed by atoms with Crippen LogP contribution in [0.5, 0.6) is 0 Å². The number of hydrogen-bond donors (Lipinski definition) is 2. The van der Waals surface area contributed by atoms with Crippen LogP contribution in [-0.4, -0.2) is 25.6 Å². The first-order valence-electron chi connectivity index (χ1n) is 11.8. The quantitative estimate of drug-likeness (QED) is 0.330. The van der Waals surface area contributed by atoms with Crippen molar-refractivity contribution < 1.29 is 14.4 Å². The average Bonchev–Trinajstić information content (AvgIpc) is 3.19. The van der Waals surface area contributed by atoms with Gasteiger partial charge in [-0.25, -0.2) is 4.90 Å². The van der Waals surface area contributed by atoms with Crippen molar-refractivity contribution >= 4 is 48.3 Å². The van der Waals surface area contributed by atoms with Crippen molar-refractivity contribution in [3.63, 3.8) is 0 Å². The Bertz CT molecular complexity index is 1220. The molecule has 0 aliphatic carbocycles. The number of imide groups is 1. The van der Waals surface area contributed by atoms with Crippen LogP contribution in [0, 0.1) is 5.92 Å². The molecule has 1 atom stereocenters. The smallest absolute Gasteiger partial charge is 0.257 e. The Morgan fingerprint density at radius 3 is 2.11 bits per heavy atom. The summed E-state index contributed by atoms with van der Waals surface area (Å²) in [6.07, 6.45) is 1.21. The first kappa shape index (κ1) is 24.3. The maximum Gasteiger partial charge on any atom is 0.257 e. The van der Waals surface area contributed by atoms with E-state index >= 15 is 0 Å². The highest BCUT2D eigenvalue weighted by Crippen LogP contribution is 2.46. The summed E-state index contributed by atoms with van der Waals surface area (Å²) < 4.78 is 0. The molecule has 3 amide bonds. The topological polar surface area (TPSA) is 78.5 Å².